The quantitative estimate of drug-likeness (QED) is 0.867. The van der Waals surface area contributed by atoms with Crippen LogP contribution in [0.4, 0.5) is 0 Å². The Morgan fingerprint density at radius 1 is 1.29 bits per heavy atom. The number of pyridine rings is 1. The molecule has 0 radical (unpaired) electrons. The van der Waals surface area contributed by atoms with Crippen LogP contribution in [0.5, 0.6) is 5.88 Å². The lowest BCUT2D eigenvalue weighted by Crippen LogP contribution is -2.45. The second-order valence-electron chi connectivity index (χ2n) is 6.06. The first-order valence-electron chi connectivity index (χ1n) is 7.83. The maximum absolute atomic E-state index is 5.46. The summed E-state index contributed by atoms with van der Waals surface area (Å²) in [6.45, 7) is 5.75. The fourth-order valence-electron chi connectivity index (χ4n) is 3.39. The van der Waals surface area contributed by atoms with Crippen molar-refractivity contribution in [3.63, 3.8) is 0 Å². The number of likely N-dealkylation sites (tertiary alicyclic amines) is 1. The smallest absolute Gasteiger partial charge is 0.200 e. The second kappa shape index (κ2) is 6.02. The fourth-order valence-corrected chi connectivity index (χ4v) is 3.39. The summed E-state index contributed by atoms with van der Waals surface area (Å²) in [5.74, 6) is 1.81. The molecule has 0 saturated carbocycles. The van der Waals surface area contributed by atoms with Crippen molar-refractivity contribution in [2.24, 2.45) is 0 Å². The average Bonchev–Trinajstić information content (AvgIpc) is 2.91. The molecule has 3 heterocycles. The summed E-state index contributed by atoms with van der Waals surface area (Å²) in [6, 6.07) is 7.02. The van der Waals surface area contributed by atoms with Gasteiger partial charge in [0, 0.05) is 18.5 Å². The van der Waals surface area contributed by atoms with Crippen LogP contribution in [0, 0.1) is 0 Å². The number of methoxy groups -OCH3 is 1. The van der Waals surface area contributed by atoms with Gasteiger partial charge in [0.1, 0.15) is 5.82 Å². The van der Waals surface area contributed by atoms with Gasteiger partial charge in [-0.25, -0.2) is 4.40 Å². The van der Waals surface area contributed by atoms with Crippen molar-refractivity contribution in [2.45, 2.75) is 51.6 Å². The molecular weight excluding hydrogens is 264 g/mol. The molecule has 5 nitrogen and oxygen atoms in total. The normalized spacial score (nSPS) is 20.3. The number of aromatic nitrogens is 3. The Balaban J connectivity index is 1.90. The van der Waals surface area contributed by atoms with Gasteiger partial charge < -0.3 is 4.74 Å². The molecule has 1 aliphatic rings. The summed E-state index contributed by atoms with van der Waals surface area (Å²) in [7, 11) is 1.69. The number of fused-ring (bicyclic) bond motifs is 1. The number of piperidine rings is 1. The van der Waals surface area contributed by atoms with Gasteiger partial charge in [0.15, 0.2) is 5.65 Å². The van der Waals surface area contributed by atoms with Crippen LogP contribution in [-0.4, -0.2) is 45.2 Å². The first kappa shape index (κ1) is 14.3. The highest BCUT2D eigenvalue weighted by atomic mass is 16.5. The summed E-state index contributed by atoms with van der Waals surface area (Å²) in [4.78, 5) is 2.60. The van der Waals surface area contributed by atoms with E-state index in [4.69, 9.17) is 4.74 Å². The molecule has 2 aromatic heterocycles. The fraction of sp³-hybridized carbons (Fsp3) is 0.625. The van der Waals surface area contributed by atoms with Gasteiger partial charge in [-0.15, -0.1) is 10.2 Å². The van der Waals surface area contributed by atoms with E-state index in [0.29, 0.717) is 12.1 Å². The van der Waals surface area contributed by atoms with Crippen LogP contribution < -0.4 is 4.74 Å². The molecule has 1 aliphatic heterocycles. The Hall–Kier alpha value is -1.62. The van der Waals surface area contributed by atoms with Crippen LogP contribution >= 0.6 is 0 Å². The third kappa shape index (κ3) is 2.75. The van der Waals surface area contributed by atoms with Crippen molar-refractivity contribution < 1.29 is 4.74 Å². The zero-order valence-corrected chi connectivity index (χ0v) is 13.1. The predicted octanol–water partition coefficient (Wildman–Crippen LogP) is 2.54. The Morgan fingerprint density at radius 3 is 2.90 bits per heavy atom. The molecule has 3 rings (SSSR count). The molecular formula is C16H24N4O. The lowest BCUT2D eigenvalue weighted by molar-refractivity contribution is 0.110. The van der Waals surface area contributed by atoms with E-state index < -0.39 is 0 Å². The minimum atomic E-state index is 0.552. The van der Waals surface area contributed by atoms with Crippen LogP contribution in [0.2, 0.25) is 0 Å². The van der Waals surface area contributed by atoms with E-state index in [2.05, 4.69) is 28.9 Å². The van der Waals surface area contributed by atoms with Gasteiger partial charge in [-0.1, -0.05) is 12.5 Å². The minimum absolute atomic E-state index is 0.552. The molecule has 0 aromatic carbocycles. The van der Waals surface area contributed by atoms with Gasteiger partial charge >= 0.3 is 0 Å². The summed E-state index contributed by atoms with van der Waals surface area (Å²) in [5.41, 5.74) is 0.858. The van der Waals surface area contributed by atoms with E-state index >= 15 is 0 Å². The predicted molar refractivity (Wildman–Crippen MR) is 82.7 cm³/mol. The molecule has 114 valence electrons. The molecule has 0 aliphatic carbocycles. The summed E-state index contributed by atoms with van der Waals surface area (Å²) in [5, 5.41) is 8.68. The molecule has 0 bridgehead atoms. The SMILES string of the molecule is COc1cccc2nnc(CC3CCCCN3C(C)C)n12. The van der Waals surface area contributed by atoms with E-state index in [0.717, 1.165) is 23.8 Å². The van der Waals surface area contributed by atoms with Crippen molar-refractivity contribution in [3.8, 4) is 5.88 Å². The number of hydrogen-bond donors (Lipinski definition) is 0. The molecule has 1 atom stereocenters. The summed E-state index contributed by atoms with van der Waals surface area (Å²) in [6.07, 6.45) is 4.78. The number of hydrogen-bond acceptors (Lipinski definition) is 4. The van der Waals surface area contributed by atoms with Crippen LogP contribution in [0.3, 0.4) is 0 Å². The van der Waals surface area contributed by atoms with Gasteiger partial charge in [-0.05, 0) is 45.4 Å². The molecule has 1 unspecified atom stereocenters. The van der Waals surface area contributed by atoms with Crippen LogP contribution in [-0.2, 0) is 6.42 Å². The summed E-state index contributed by atoms with van der Waals surface area (Å²) < 4.78 is 7.49. The maximum atomic E-state index is 5.46. The Morgan fingerprint density at radius 2 is 2.14 bits per heavy atom. The standard InChI is InChI=1S/C16H24N4O/c1-12(2)19-10-5-4-7-13(19)11-15-18-17-14-8-6-9-16(21-3)20(14)15/h6,8-9,12-13H,4-5,7,10-11H2,1-3H3. The molecule has 0 amide bonds. The van der Waals surface area contributed by atoms with Crippen LogP contribution in [0.25, 0.3) is 5.65 Å². The van der Waals surface area contributed by atoms with Crippen molar-refractivity contribution >= 4 is 5.65 Å². The molecule has 21 heavy (non-hydrogen) atoms. The van der Waals surface area contributed by atoms with Gasteiger partial charge in [-0.2, -0.15) is 0 Å². The third-order valence-electron chi connectivity index (χ3n) is 4.42. The van der Waals surface area contributed by atoms with E-state index in [1.54, 1.807) is 7.11 Å². The van der Waals surface area contributed by atoms with Crippen molar-refractivity contribution in [1.29, 1.82) is 0 Å². The zero-order valence-electron chi connectivity index (χ0n) is 13.1. The van der Waals surface area contributed by atoms with Gasteiger partial charge in [0.2, 0.25) is 5.88 Å². The third-order valence-corrected chi connectivity index (χ3v) is 4.42. The summed E-state index contributed by atoms with van der Waals surface area (Å²) >= 11 is 0. The van der Waals surface area contributed by atoms with E-state index in [1.807, 2.05) is 22.6 Å². The van der Waals surface area contributed by atoms with Gasteiger partial charge in [0.25, 0.3) is 0 Å². The van der Waals surface area contributed by atoms with Crippen LogP contribution in [0.1, 0.15) is 38.9 Å². The highest BCUT2D eigenvalue weighted by Crippen LogP contribution is 2.24. The Bertz CT molecular complexity index is 607. The number of nitrogens with zero attached hydrogens (tertiary/aromatic N) is 4. The number of ether oxygens (including phenoxy) is 1. The lowest BCUT2D eigenvalue weighted by atomic mass is 9.97. The average molecular weight is 288 g/mol. The molecule has 5 heteroatoms. The van der Waals surface area contributed by atoms with E-state index in [9.17, 15) is 0 Å². The molecule has 0 N–H and O–H groups in total. The zero-order chi connectivity index (χ0) is 14.8. The first-order chi connectivity index (χ1) is 10.2. The highest BCUT2D eigenvalue weighted by Gasteiger charge is 2.26. The van der Waals surface area contributed by atoms with Crippen molar-refractivity contribution in [3.05, 3.63) is 24.0 Å². The van der Waals surface area contributed by atoms with E-state index in [1.165, 1.54) is 25.8 Å². The minimum Gasteiger partial charge on any atom is -0.482 e. The van der Waals surface area contributed by atoms with Crippen LogP contribution in [0.15, 0.2) is 18.2 Å². The van der Waals surface area contributed by atoms with Crippen molar-refractivity contribution in [1.82, 2.24) is 19.5 Å². The molecule has 0 spiro atoms. The van der Waals surface area contributed by atoms with Gasteiger partial charge in [-0.3, -0.25) is 4.90 Å². The van der Waals surface area contributed by atoms with Gasteiger partial charge in [0.05, 0.1) is 7.11 Å². The highest BCUT2D eigenvalue weighted by molar-refractivity contribution is 5.42. The number of rotatable bonds is 4. The topological polar surface area (TPSA) is 42.7 Å². The maximum Gasteiger partial charge on any atom is 0.200 e. The molecule has 1 saturated heterocycles. The molecule has 1 fully saturated rings. The molecule has 2 aromatic rings. The second-order valence-corrected chi connectivity index (χ2v) is 6.06. The van der Waals surface area contributed by atoms with E-state index in [-0.39, 0.29) is 0 Å². The first-order valence-corrected chi connectivity index (χ1v) is 7.83. The Kier molecular flexibility index (Phi) is 4.10. The largest absolute Gasteiger partial charge is 0.482 e. The lowest BCUT2D eigenvalue weighted by Gasteiger charge is -2.38. The Labute approximate surface area is 125 Å². The monoisotopic (exact) mass is 288 g/mol. The van der Waals surface area contributed by atoms with Crippen molar-refractivity contribution in [2.75, 3.05) is 13.7 Å².